The fourth-order valence-electron chi connectivity index (χ4n) is 2.36. The minimum atomic E-state index is -2.89. The summed E-state index contributed by atoms with van der Waals surface area (Å²) in [5.41, 5.74) is 1.38. The Morgan fingerprint density at radius 2 is 1.88 bits per heavy atom. The highest BCUT2D eigenvalue weighted by atomic mass is 19.3. The second-order valence-corrected chi connectivity index (χ2v) is 5.13. The van der Waals surface area contributed by atoms with Crippen molar-refractivity contribution in [2.45, 2.75) is 6.61 Å². The van der Waals surface area contributed by atoms with Crippen molar-refractivity contribution in [2.75, 3.05) is 0 Å². The van der Waals surface area contributed by atoms with Crippen LogP contribution in [0, 0.1) is 10.1 Å². The number of fused-ring (bicyclic) bond motifs is 1. The molecule has 0 aliphatic rings. The van der Waals surface area contributed by atoms with Crippen LogP contribution in [-0.2, 0) is 0 Å². The fraction of sp³-hybridized carbons (Fsp3) is 0.0556. The smallest absolute Gasteiger partial charge is 0.387 e. The molecule has 3 aromatic rings. The Balaban J connectivity index is 1.91. The molecule has 0 atom stereocenters. The molecule has 0 aliphatic carbocycles. The molecule has 0 bridgehead atoms. The van der Waals surface area contributed by atoms with E-state index in [1.807, 2.05) is 0 Å². The number of alkyl halides is 2. The van der Waals surface area contributed by atoms with Gasteiger partial charge in [-0.15, -0.1) is 0 Å². The standard InChI is InChI=1S/C18H12F2N2O3/c19-18(20)25-15-5-1-3-12(11-15)7-9-14-10-8-13-4-2-6-16(22(23)24)17(13)21-14/h1-11,18H/b9-7+. The molecule has 25 heavy (non-hydrogen) atoms. The van der Waals surface area contributed by atoms with Gasteiger partial charge in [0.05, 0.1) is 10.6 Å². The molecule has 0 fully saturated rings. The fourth-order valence-corrected chi connectivity index (χ4v) is 2.36. The Morgan fingerprint density at radius 3 is 2.64 bits per heavy atom. The first-order chi connectivity index (χ1) is 12.0. The number of para-hydroxylation sites is 1. The lowest BCUT2D eigenvalue weighted by Gasteiger charge is -2.04. The molecule has 0 N–H and O–H groups in total. The molecular weight excluding hydrogens is 330 g/mol. The number of aromatic nitrogens is 1. The van der Waals surface area contributed by atoms with Crippen molar-refractivity contribution >= 4 is 28.7 Å². The van der Waals surface area contributed by atoms with E-state index in [1.165, 1.54) is 18.2 Å². The quantitative estimate of drug-likeness (QED) is 0.488. The topological polar surface area (TPSA) is 65.3 Å². The third-order valence-electron chi connectivity index (χ3n) is 3.45. The van der Waals surface area contributed by atoms with Gasteiger partial charge in [-0.25, -0.2) is 4.98 Å². The second kappa shape index (κ2) is 7.04. The summed E-state index contributed by atoms with van der Waals surface area (Å²) in [7, 11) is 0. The lowest BCUT2D eigenvalue weighted by molar-refractivity contribution is -0.383. The third kappa shape index (κ3) is 3.95. The van der Waals surface area contributed by atoms with Crippen molar-refractivity contribution in [3.63, 3.8) is 0 Å². The zero-order chi connectivity index (χ0) is 17.8. The van der Waals surface area contributed by atoms with Crippen LogP contribution in [-0.4, -0.2) is 16.5 Å². The van der Waals surface area contributed by atoms with Gasteiger partial charge in [-0.1, -0.05) is 36.4 Å². The van der Waals surface area contributed by atoms with Crippen LogP contribution in [0.1, 0.15) is 11.3 Å². The lowest BCUT2D eigenvalue weighted by Crippen LogP contribution is -2.01. The molecular formula is C18H12F2N2O3. The monoisotopic (exact) mass is 342 g/mol. The molecule has 0 radical (unpaired) electrons. The van der Waals surface area contributed by atoms with Gasteiger partial charge in [0, 0.05) is 11.5 Å². The molecule has 0 saturated heterocycles. The summed E-state index contributed by atoms with van der Waals surface area (Å²) in [6, 6.07) is 14.4. The summed E-state index contributed by atoms with van der Waals surface area (Å²) < 4.78 is 28.8. The van der Waals surface area contributed by atoms with Crippen LogP contribution >= 0.6 is 0 Å². The zero-order valence-electron chi connectivity index (χ0n) is 12.8. The van der Waals surface area contributed by atoms with Crippen LogP contribution in [0.5, 0.6) is 5.75 Å². The maximum Gasteiger partial charge on any atom is 0.387 e. The molecule has 1 heterocycles. The van der Waals surface area contributed by atoms with Gasteiger partial charge in [-0.3, -0.25) is 10.1 Å². The summed E-state index contributed by atoms with van der Waals surface area (Å²) >= 11 is 0. The molecule has 2 aromatic carbocycles. The number of non-ortho nitro benzene ring substituents is 1. The molecule has 0 amide bonds. The van der Waals surface area contributed by atoms with Crippen molar-refractivity contribution in [2.24, 2.45) is 0 Å². The molecule has 126 valence electrons. The van der Waals surface area contributed by atoms with E-state index in [-0.39, 0.29) is 11.4 Å². The van der Waals surface area contributed by atoms with Gasteiger partial charge >= 0.3 is 6.61 Å². The van der Waals surface area contributed by atoms with E-state index in [4.69, 9.17) is 0 Å². The first kappa shape index (κ1) is 16.5. The first-order valence-electron chi connectivity index (χ1n) is 7.30. The van der Waals surface area contributed by atoms with E-state index >= 15 is 0 Å². The average molecular weight is 342 g/mol. The number of hydrogen-bond donors (Lipinski definition) is 0. The number of halogens is 2. The largest absolute Gasteiger partial charge is 0.435 e. The van der Waals surface area contributed by atoms with E-state index in [0.29, 0.717) is 22.2 Å². The zero-order valence-corrected chi connectivity index (χ0v) is 12.8. The molecule has 1 aromatic heterocycles. The Labute approximate surface area is 141 Å². The highest BCUT2D eigenvalue weighted by Crippen LogP contribution is 2.24. The van der Waals surface area contributed by atoms with Gasteiger partial charge in [0.2, 0.25) is 0 Å². The number of nitrogens with zero attached hydrogens (tertiary/aromatic N) is 2. The van der Waals surface area contributed by atoms with E-state index in [0.717, 1.165) is 0 Å². The second-order valence-electron chi connectivity index (χ2n) is 5.13. The van der Waals surface area contributed by atoms with E-state index in [2.05, 4.69) is 9.72 Å². The summed E-state index contributed by atoms with van der Waals surface area (Å²) in [6.45, 7) is -2.89. The molecule has 0 aliphatic heterocycles. The number of nitro benzene ring substituents is 1. The van der Waals surface area contributed by atoms with Crippen molar-refractivity contribution in [3.05, 3.63) is 76.0 Å². The van der Waals surface area contributed by atoms with Gasteiger partial charge in [0.25, 0.3) is 5.69 Å². The Morgan fingerprint density at radius 1 is 1.08 bits per heavy atom. The number of hydrogen-bond acceptors (Lipinski definition) is 4. The van der Waals surface area contributed by atoms with Crippen LogP contribution < -0.4 is 4.74 Å². The van der Waals surface area contributed by atoms with Crippen molar-refractivity contribution in [1.29, 1.82) is 0 Å². The summed E-state index contributed by atoms with van der Waals surface area (Å²) in [5.74, 6) is 0.0549. The molecule has 7 heteroatoms. The van der Waals surface area contributed by atoms with Crippen molar-refractivity contribution in [3.8, 4) is 5.75 Å². The molecule has 0 spiro atoms. The Hall–Kier alpha value is -3.35. The van der Waals surface area contributed by atoms with Crippen LogP contribution in [0.2, 0.25) is 0 Å². The highest BCUT2D eigenvalue weighted by molar-refractivity contribution is 5.88. The van der Waals surface area contributed by atoms with Crippen molar-refractivity contribution in [1.82, 2.24) is 4.98 Å². The first-order valence-corrected chi connectivity index (χ1v) is 7.30. The number of pyridine rings is 1. The highest BCUT2D eigenvalue weighted by Gasteiger charge is 2.12. The summed E-state index contributed by atoms with van der Waals surface area (Å²) in [6.07, 6.45) is 3.32. The minimum absolute atomic E-state index is 0.0549. The molecule has 0 unspecified atom stereocenters. The van der Waals surface area contributed by atoms with Crippen LogP contribution in [0.3, 0.4) is 0 Å². The molecule has 5 nitrogen and oxygen atoms in total. The van der Waals surface area contributed by atoms with Gasteiger partial charge in [0.15, 0.2) is 0 Å². The van der Waals surface area contributed by atoms with E-state index in [9.17, 15) is 18.9 Å². The van der Waals surface area contributed by atoms with Crippen molar-refractivity contribution < 1.29 is 18.4 Å². The number of nitro groups is 1. The van der Waals surface area contributed by atoms with Crippen LogP contribution in [0.4, 0.5) is 14.5 Å². The normalized spacial score (nSPS) is 11.3. The minimum Gasteiger partial charge on any atom is -0.435 e. The van der Waals surface area contributed by atoms with Crippen LogP contribution in [0.15, 0.2) is 54.6 Å². The molecule has 0 saturated carbocycles. The SMILES string of the molecule is O=[N+]([O-])c1cccc2ccc(/C=C/c3cccc(OC(F)F)c3)nc12. The predicted octanol–water partition coefficient (Wildman–Crippen LogP) is 4.91. The van der Waals surface area contributed by atoms with Gasteiger partial charge in [0.1, 0.15) is 11.3 Å². The summed E-state index contributed by atoms with van der Waals surface area (Å²) in [5, 5.41) is 11.8. The van der Waals surface area contributed by atoms with E-state index in [1.54, 1.807) is 48.6 Å². The molecule has 3 rings (SSSR count). The van der Waals surface area contributed by atoms with Gasteiger partial charge in [-0.05, 0) is 29.8 Å². The van der Waals surface area contributed by atoms with E-state index < -0.39 is 11.5 Å². The lowest BCUT2D eigenvalue weighted by atomic mass is 10.1. The van der Waals surface area contributed by atoms with Gasteiger partial charge < -0.3 is 4.74 Å². The average Bonchev–Trinajstić information content (AvgIpc) is 2.59. The predicted molar refractivity (Wildman–Crippen MR) is 90.4 cm³/mol. The summed E-state index contributed by atoms with van der Waals surface area (Å²) in [4.78, 5) is 14.9. The number of ether oxygens (including phenoxy) is 1. The van der Waals surface area contributed by atoms with Crippen LogP contribution in [0.25, 0.3) is 23.1 Å². The maximum absolute atomic E-state index is 12.2. The maximum atomic E-state index is 12.2. The number of rotatable bonds is 5. The Bertz CT molecular complexity index is 958. The van der Waals surface area contributed by atoms with Gasteiger partial charge in [-0.2, -0.15) is 8.78 Å². The third-order valence-corrected chi connectivity index (χ3v) is 3.45. The number of benzene rings is 2. The Kier molecular flexibility index (Phi) is 4.65.